The highest BCUT2D eigenvalue weighted by Crippen LogP contribution is 2.24. The molecule has 1 aromatic heterocycles. The normalized spacial score (nSPS) is 11.5. The van der Waals surface area contributed by atoms with Crippen LogP contribution >= 0.6 is 0 Å². The van der Waals surface area contributed by atoms with Crippen LogP contribution in [0.4, 0.5) is 0 Å². The van der Waals surface area contributed by atoms with Gasteiger partial charge in [-0.15, -0.1) is 0 Å². The molecule has 1 N–H and O–H groups in total. The molecule has 1 nitrogen and oxygen atoms in total. The van der Waals surface area contributed by atoms with E-state index in [0.717, 1.165) is 23.4 Å². The summed E-state index contributed by atoms with van der Waals surface area (Å²) in [4.78, 5) is 3.46. The molecular formula is C23H21N. The van der Waals surface area contributed by atoms with Gasteiger partial charge in [0.05, 0.1) is 0 Å². The second-order valence-electron chi connectivity index (χ2n) is 5.71. The monoisotopic (exact) mass is 311 g/mol. The first-order chi connectivity index (χ1) is 11.8. The average Bonchev–Trinajstić information content (AvgIpc) is 3.09. The third-order valence-corrected chi connectivity index (χ3v) is 3.93. The Labute approximate surface area is 143 Å². The van der Waals surface area contributed by atoms with Crippen LogP contribution < -0.4 is 0 Å². The van der Waals surface area contributed by atoms with Gasteiger partial charge in [0, 0.05) is 11.4 Å². The van der Waals surface area contributed by atoms with Crippen molar-refractivity contribution in [2.45, 2.75) is 6.42 Å². The summed E-state index contributed by atoms with van der Waals surface area (Å²) in [5, 5.41) is 2.52. The van der Waals surface area contributed by atoms with Gasteiger partial charge < -0.3 is 4.98 Å². The first-order valence-corrected chi connectivity index (χ1v) is 8.09. The van der Waals surface area contributed by atoms with Crippen LogP contribution in [0.5, 0.6) is 0 Å². The molecule has 3 rings (SSSR count). The van der Waals surface area contributed by atoms with E-state index in [0.29, 0.717) is 0 Å². The third-order valence-electron chi connectivity index (χ3n) is 3.93. The van der Waals surface area contributed by atoms with Crippen molar-refractivity contribution in [3.05, 3.63) is 103 Å². The lowest BCUT2D eigenvalue weighted by Gasteiger charge is -2.01. The van der Waals surface area contributed by atoms with E-state index in [9.17, 15) is 0 Å². The summed E-state index contributed by atoms with van der Waals surface area (Å²) >= 11 is 0. The number of aromatic nitrogens is 1. The second kappa shape index (κ2) is 7.47. The highest BCUT2D eigenvalue weighted by Gasteiger charge is 2.01. The van der Waals surface area contributed by atoms with Crippen molar-refractivity contribution >= 4 is 16.8 Å². The topological polar surface area (TPSA) is 15.8 Å². The molecule has 0 fully saturated rings. The number of fused-ring (bicyclic) bond motifs is 1. The Morgan fingerprint density at radius 1 is 0.958 bits per heavy atom. The Morgan fingerprint density at radius 3 is 2.62 bits per heavy atom. The van der Waals surface area contributed by atoms with Crippen molar-refractivity contribution in [2.75, 3.05) is 0 Å². The van der Waals surface area contributed by atoms with Gasteiger partial charge >= 0.3 is 0 Å². The lowest BCUT2D eigenvalue weighted by molar-refractivity contribution is 1.35. The molecule has 0 aliphatic heterocycles. The van der Waals surface area contributed by atoms with Crippen molar-refractivity contribution in [1.82, 2.24) is 4.98 Å². The van der Waals surface area contributed by atoms with Crippen molar-refractivity contribution in [2.24, 2.45) is 0 Å². The number of nitrogens with one attached hydrogen (secondary N) is 1. The van der Waals surface area contributed by atoms with Gasteiger partial charge in [-0.1, -0.05) is 73.9 Å². The Morgan fingerprint density at radius 2 is 1.79 bits per heavy atom. The van der Waals surface area contributed by atoms with Gasteiger partial charge in [-0.3, -0.25) is 0 Å². The van der Waals surface area contributed by atoms with Gasteiger partial charge in [0.25, 0.3) is 0 Å². The van der Waals surface area contributed by atoms with Crippen LogP contribution in [0.25, 0.3) is 28.1 Å². The molecule has 0 aliphatic carbocycles. The van der Waals surface area contributed by atoms with Crippen LogP contribution in [-0.2, 0) is 0 Å². The minimum Gasteiger partial charge on any atom is -0.355 e. The van der Waals surface area contributed by atoms with Gasteiger partial charge in [0.1, 0.15) is 0 Å². The maximum Gasteiger partial charge on any atom is 0.0458 e. The van der Waals surface area contributed by atoms with Gasteiger partial charge in [0.15, 0.2) is 0 Å². The predicted molar refractivity (Wildman–Crippen MR) is 106 cm³/mol. The molecule has 0 amide bonds. The van der Waals surface area contributed by atoms with E-state index in [-0.39, 0.29) is 0 Å². The van der Waals surface area contributed by atoms with E-state index >= 15 is 0 Å². The SMILES string of the molecule is C=CC(=C)/C=C\C/C=C\c1ccc(-c2ccc3ccccc3c2)[nH]1. The van der Waals surface area contributed by atoms with Crippen LogP contribution in [-0.4, -0.2) is 4.98 Å². The Balaban J connectivity index is 1.71. The fourth-order valence-corrected chi connectivity index (χ4v) is 2.60. The summed E-state index contributed by atoms with van der Waals surface area (Å²) in [7, 11) is 0. The molecule has 24 heavy (non-hydrogen) atoms. The zero-order valence-corrected chi connectivity index (χ0v) is 13.7. The standard InChI is InChI=1S/C23H21N/c1-3-18(2)9-5-4-6-12-22-15-16-23(24-22)21-14-13-19-10-7-8-11-20(19)17-21/h3,5-17,24H,1-2,4H2/b9-5-,12-6-. The van der Waals surface area contributed by atoms with Crippen molar-refractivity contribution < 1.29 is 0 Å². The molecule has 0 radical (unpaired) electrons. The molecule has 0 spiro atoms. The third kappa shape index (κ3) is 3.82. The minimum absolute atomic E-state index is 0.872. The van der Waals surface area contributed by atoms with Gasteiger partial charge in [-0.2, -0.15) is 0 Å². The summed E-state index contributed by atoms with van der Waals surface area (Å²) in [6, 6.07) is 19.2. The molecule has 0 atom stereocenters. The van der Waals surface area contributed by atoms with Gasteiger partial charge in [-0.05, 0) is 52.6 Å². The van der Waals surface area contributed by atoms with Crippen molar-refractivity contribution in [1.29, 1.82) is 0 Å². The first-order valence-electron chi connectivity index (χ1n) is 8.09. The van der Waals surface area contributed by atoms with Crippen LogP contribution in [0.1, 0.15) is 12.1 Å². The van der Waals surface area contributed by atoms with Crippen molar-refractivity contribution in [3.8, 4) is 11.3 Å². The van der Waals surface area contributed by atoms with Gasteiger partial charge in [-0.25, -0.2) is 0 Å². The molecule has 0 aliphatic rings. The van der Waals surface area contributed by atoms with Crippen LogP contribution in [0.3, 0.4) is 0 Å². The molecule has 0 bridgehead atoms. The van der Waals surface area contributed by atoms with E-state index in [4.69, 9.17) is 0 Å². The van der Waals surface area contributed by atoms with E-state index < -0.39 is 0 Å². The number of rotatable bonds is 6. The summed E-state index contributed by atoms with van der Waals surface area (Å²) in [5.74, 6) is 0. The zero-order valence-electron chi connectivity index (χ0n) is 13.7. The van der Waals surface area contributed by atoms with Crippen LogP contribution in [0, 0.1) is 0 Å². The molecule has 3 aromatic rings. The number of allylic oxidation sites excluding steroid dienone is 5. The molecule has 2 aromatic carbocycles. The van der Waals surface area contributed by atoms with Crippen LogP contribution in [0.15, 0.2) is 97.6 Å². The number of aromatic amines is 1. The molecule has 0 saturated heterocycles. The summed E-state index contributed by atoms with van der Waals surface area (Å²) < 4.78 is 0. The number of hydrogen-bond donors (Lipinski definition) is 1. The first kappa shape index (κ1) is 15.8. The average molecular weight is 311 g/mol. The molecule has 0 saturated carbocycles. The summed E-state index contributed by atoms with van der Waals surface area (Å²) in [6.07, 6.45) is 10.9. The molecule has 1 heteroatoms. The summed E-state index contributed by atoms with van der Waals surface area (Å²) in [6.45, 7) is 7.54. The predicted octanol–water partition coefficient (Wildman–Crippen LogP) is 6.54. The maximum absolute atomic E-state index is 3.85. The Bertz CT molecular complexity index is 922. The fraction of sp³-hybridized carbons (Fsp3) is 0.0435. The van der Waals surface area contributed by atoms with Crippen LogP contribution in [0.2, 0.25) is 0 Å². The highest BCUT2D eigenvalue weighted by atomic mass is 14.7. The van der Waals surface area contributed by atoms with E-state index in [1.807, 2.05) is 6.08 Å². The lowest BCUT2D eigenvalue weighted by atomic mass is 10.1. The number of benzene rings is 2. The Hall–Kier alpha value is -3.06. The Kier molecular flexibility index (Phi) is 4.93. The van der Waals surface area contributed by atoms with E-state index in [1.165, 1.54) is 16.3 Å². The second-order valence-corrected chi connectivity index (χ2v) is 5.71. The zero-order chi connectivity index (χ0) is 16.8. The van der Waals surface area contributed by atoms with Gasteiger partial charge in [0.2, 0.25) is 0 Å². The molecule has 1 heterocycles. The largest absolute Gasteiger partial charge is 0.355 e. The van der Waals surface area contributed by atoms with E-state index in [2.05, 4.69) is 91.0 Å². The lowest BCUT2D eigenvalue weighted by Crippen LogP contribution is -1.79. The smallest absolute Gasteiger partial charge is 0.0458 e. The molecule has 0 unspecified atom stereocenters. The minimum atomic E-state index is 0.872. The highest BCUT2D eigenvalue weighted by molar-refractivity contribution is 5.86. The molecular weight excluding hydrogens is 290 g/mol. The number of H-pyrrole nitrogens is 1. The van der Waals surface area contributed by atoms with E-state index in [1.54, 1.807) is 6.08 Å². The fourth-order valence-electron chi connectivity index (χ4n) is 2.60. The number of hydrogen-bond acceptors (Lipinski definition) is 0. The quantitative estimate of drug-likeness (QED) is 0.498. The van der Waals surface area contributed by atoms with Crippen molar-refractivity contribution in [3.63, 3.8) is 0 Å². The summed E-state index contributed by atoms with van der Waals surface area (Å²) in [5.41, 5.74) is 4.38. The molecule has 118 valence electrons. The maximum atomic E-state index is 3.85.